The van der Waals surface area contributed by atoms with Gasteiger partial charge in [0.2, 0.25) is 0 Å². The maximum atomic E-state index is 12.7. The summed E-state index contributed by atoms with van der Waals surface area (Å²) in [5.74, 6) is 0.689. The zero-order chi connectivity index (χ0) is 24.0. The number of nitrogens with one attached hydrogen (secondary N) is 2. The third-order valence-electron chi connectivity index (χ3n) is 5.87. The number of anilines is 1. The van der Waals surface area contributed by atoms with Crippen LogP contribution in [0.1, 0.15) is 28.8 Å². The van der Waals surface area contributed by atoms with Gasteiger partial charge in [0.25, 0.3) is 15.9 Å². The number of piperidine rings is 1. The molecule has 1 aromatic heterocycles. The van der Waals surface area contributed by atoms with Crippen molar-refractivity contribution in [2.45, 2.75) is 30.3 Å². The third-order valence-corrected chi connectivity index (χ3v) is 7.27. The first-order valence-corrected chi connectivity index (χ1v) is 12.6. The molecule has 0 spiro atoms. The number of hydrogen-bond acceptors (Lipinski definition) is 6. The van der Waals surface area contributed by atoms with Gasteiger partial charge < -0.3 is 10.1 Å². The molecule has 0 bridgehead atoms. The second-order valence-corrected chi connectivity index (χ2v) is 9.88. The number of sulfonamides is 1. The number of rotatable bonds is 8. The first kappa shape index (κ1) is 23.7. The number of aromatic nitrogens is 1. The van der Waals surface area contributed by atoms with Crippen molar-refractivity contribution in [3.8, 4) is 5.75 Å². The van der Waals surface area contributed by atoms with Gasteiger partial charge >= 0.3 is 0 Å². The molecule has 9 heteroatoms. The molecule has 2 heterocycles. The lowest BCUT2D eigenvalue weighted by molar-refractivity contribution is 0.0908. The van der Waals surface area contributed by atoms with Crippen LogP contribution >= 0.6 is 0 Å². The van der Waals surface area contributed by atoms with Crippen molar-refractivity contribution in [1.82, 2.24) is 15.2 Å². The summed E-state index contributed by atoms with van der Waals surface area (Å²) >= 11 is 0. The molecule has 178 valence electrons. The zero-order valence-electron chi connectivity index (χ0n) is 19.0. The quantitative estimate of drug-likeness (QED) is 0.513. The van der Waals surface area contributed by atoms with Gasteiger partial charge in [-0.15, -0.1) is 0 Å². The molecule has 4 rings (SSSR count). The number of carbonyl (C=O) groups excluding carboxylic acids is 1. The van der Waals surface area contributed by atoms with Crippen LogP contribution in [0.3, 0.4) is 0 Å². The summed E-state index contributed by atoms with van der Waals surface area (Å²) < 4.78 is 33.1. The largest absolute Gasteiger partial charge is 0.496 e. The molecule has 2 N–H and O–H groups in total. The van der Waals surface area contributed by atoms with Gasteiger partial charge in [-0.1, -0.05) is 18.2 Å². The summed E-state index contributed by atoms with van der Waals surface area (Å²) in [6, 6.07) is 17.2. The van der Waals surface area contributed by atoms with Crippen molar-refractivity contribution in [2.24, 2.45) is 0 Å². The van der Waals surface area contributed by atoms with Crippen LogP contribution in [0.2, 0.25) is 0 Å². The van der Waals surface area contributed by atoms with E-state index in [1.807, 2.05) is 18.2 Å². The fourth-order valence-electron chi connectivity index (χ4n) is 4.00. The Balaban J connectivity index is 1.29. The Hall–Kier alpha value is -3.43. The highest BCUT2D eigenvalue weighted by atomic mass is 32.2. The van der Waals surface area contributed by atoms with E-state index in [1.54, 1.807) is 19.2 Å². The van der Waals surface area contributed by atoms with Crippen molar-refractivity contribution in [1.29, 1.82) is 0 Å². The molecule has 0 unspecified atom stereocenters. The van der Waals surface area contributed by atoms with Crippen LogP contribution in [0, 0.1) is 0 Å². The SMILES string of the molecule is COc1ccccc1CN1CCC(NC(=O)c2ccc(S(=O)(=O)Nc3ccncc3)cc2)CC1. The van der Waals surface area contributed by atoms with E-state index < -0.39 is 10.0 Å². The standard InChI is InChI=1S/C25H28N4O4S/c1-33-24-5-3-2-4-20(24)18-29-16-12-21(13-17-29)27-25(30)19-6-8-23(9-7-19)34(31,32)28-22-10-14-26-15-11-22/h2-11,14-15,21H,12-13,16-18H2,1H3,(H,26,28)(H,27,30). The number of nitrogens with zero attached hydrogens (tertiary/aromatic N) is 2. The molecule has 3 aromatic rings. The van der Waals surface area contributed by atoms with E-state index in [1.165, 1.54) is 36.7 Å². The zero-order valence-corrected chi connectivity index (χ0v) is 19.8. The lowest BCUT2D eigenvalue weighted by Gasteiger charge is -2.32. The molecule has 1 aliphatic heterocycles. The number of pyridine rings is 1. The van der Waals surface area contributed by atoms with Crippen LogP contribution in [-0.2, 0) is 16.6 Å². The van der Waals surface area contributed by atoms with Gasteiger partial charge in [0.05, 0.1) is 17.7 Å². The minimum absolute atomic E-state index is 0.0817. The van der Waals surface area contributed by atoms with E-state index in [-0.39, 0.29) is 16.8 Å². The van der Waals surface area contributed by atoms with E-state index in [0.717, 1.165) is 43.8 Å². The molecule has 1 fully saturated rings. The molecule has 0 atom stereocenters. The predicted octanol–water partition coefficient (Wildman–Crippen LogP) is 3.29. The van der Waals surface area contributed by atoms with Gasteiger partial charge in [-0.2, -0.15) is 0 Å². The molecule has 1 aliphatic rings. The Bertz CT molecular complexity index is 1210. The lowest BCUT2D eigenvalue weighted by atomic mass is 10.0. The average molecular weight is 481 g/mol. The highest BCUT2D eigenvalue weighted by Crippen LogP contribution is 2.22. The highest BCUT2D eigenvalue weighted by Gasteiger charge is 2.22. The molecule has 1 amide bonds. The minimum atomic E-state index is -3.74. The Morgan fingerprint density at radius 1 is 1.03 bits per heavy atom. The van der Waals surface area contributed by atoms with Gasteiger partial charge in [-0.3, -0.25) is 19.4 Å². The van der Waals surface area contributed by atoms with E-state index in [2.05, 4.69) is 26.0 Å². The average Bonchev–Trinajstić information content (AvgIpc) is 2.86. The van der Waals surface area contributed by atoms with Crippen molar-refractivity contribution < 1.29 is 17.9 Å². The summed E-state index contributed by atoms with van der Waals surface area (Å²) in [4.78, 5) is 19.0. The first-order valence-electron chi connectivity index (χ1n) is 11.1. The van der Waals surface area contributed by atoms with Gasteiger partial charge in [-0.25, -0.2) is 8.42 Å². The second kappa shape index (κ2) is 10.7. The number of hydrogen-bond donors (Lipinski definition) is 2. The number of para-hydroxylation sites is 1. The molecule has 0 radical (unpaired) electrons. The molecule has 2 aromatic carbocycles. The maximum Gasteiger partial charge on any atom is 0.261 e. The molecule has 1 saturated heterocycles. The van der Waals surface area contributed by atoms with Crippen molar-refractivity contribution in [3.63, 3.8) is 0 Å². The summed E-state index contributed by atoms with van der Waals surface area (Å²) in [7, 11) is -2.06. The number of ether oxygens (including phenoxy) is 1. The van der Waals surface area contributed by atoms with E-state index in [9.17, 15) is 13.2 Å². The highest BCUT2D eigenvalue weighted by molar-refractivity contribution is 7.92. The normalized spacial score (nSPS) is 15.0. The topological polar surface area (TPSA) is 101 Å². The molecule has 8 nitrogen and oxygen atoms in total. The number of benzene rings is 2. The summed E-state index contributed by atoms with van der Waals surface area (Å²) in [5, 5.41) is 3.08. The van der Waals surface area contributed by atoms with E-state index in [4.69, 9.17) is 4.74 Å². The first-order chi connectivity index (χ1) is 16.4. The fourth-order valence-corrected chi connectivity index (χ4v) is 5.06. The number of methoxy groups -OCH3 is 1. The summed E-state index contributed by atoms with van der Waals surface area (Å²) in [5.41, 5.74) is 2.01. The number of amides is 1. The molecular weight excluding hydrogens is 452 g/mol. The Morgan fingerprint density at radius 3 is 2.38 bits per heavy atom. The van der Waals surface area contributed by atoms with Crippen molar-refractivity contribution in [2.75, 3.05) is 24.9 Å². The Morgan fingerprint density at radius 2 is 1.71 bits per heavy atom. The molecule has 34 heavy (non-hydrogen) atoms. The fraction of sp³-hybridized carbons (Fsp3) is 0.280. The van der Waals surface area contributed by atoms with Gasteiger partial charge in [0.1, 0.15) is 5.75 Å². The summed E-state index contributed by atoms with van der Waals surface area (Å²) in [6.07, 6.45) is 4.72. The van der Waals surface area contributed by atoms with Crippen LogP contribution in [0.15, 0.2) is 78.0 Å². The third kappa shape index (κ3) is 5.92. The predicted molar refractivity (Wildman–Crippen MR) is 130 cm³/mol. The van der Waals surface area contributed by atoms with Gasteiger partial charge in [0, 0.05) is 49.2 Å². The summed E-state index contributed by atoms with van der Waals surface area (Å²) in [6.45, 7) is 2.57. The van der Waals surface area contributed by atoms with E-state index in [0.29, 0.717) is 11.3 Å². The van der Waals surface area contributed by atoms with Crippen LogP contribution in [0.5, 0.6) is 5.75 Å². The Kier molecular flexibility index (Phi) is 7.44. The monoisotopic (exact) mass is 480 g/mol. The molecular formula is C25H28N4O4S. The number of likely N-dealkylation sites (tertiary alicyclic amines) is 1. The smallest absolute Gasteiger partial charge is 0.261 e. The van der Waals surface area contributed by atoms with Crippen LogP contribution < -0.4 is 14.8 Å². The molecule has 0 saturated carbocycles. The Labute approximate surface area is 200 Å². The van der Waals surface area contributed by atoms with Crippen molar-refractivity contribution in [3.05, 3.63) is 84.2 Å². The lowest BCUT2D eigenvalue weighted by Crippen LogP contribution is -2.44. The van der Waals surface area contributed by atoms with Gasteiger partial charge in [-0.05, 0) is 55.3 Å². The van der Waals surface area contributed by atoms with Gasteiger partial charge in [0.15, 0.2) is 0 Å². The maximum absolute atomic E-state index is 12.7. The molecule has 0 aliphatic carbocycles. The van der Waals surface area contributed by atoms with E-state index >= 15 is 0 Å². The number of carbonyl (C=O) groups is 1. The van der Waals surface area contributed by atoms with Crippen molar-refractivity contribution >= 4 is 21.6 Å². The van der Waals surface area contributed by atoms with Crippen LogP contribution in [-0.4, -0.2) is 50.5 Å². The van der Waals surface area contributed by atoms with Crippen LogP contribution in [0.25, 0.3) is 0 Å². The van der Waals surface area contributed by atoms with Crippen LogP contribution in [0.4, 0.5) is 5.69 Å². The minimum Gasteiger partial charge on any atom is -0.496 e. The second-order valence-electron chi connectivity index (χ2n) is 8.20.